The highest BCUT2D eigenvalue weighted by atomic mass is 16.5. The quantitative estimate of drug-likeness (QED) is 0.741. The summed E-state index contributed by atoms with van der Waals surface area (Å²) in [4.78, 5) is 10.7. The third-order valence-electron chi connectivity index (χ3n) is 2.74. The molecular formula is C13H14O3. The minimum Gasteiger partial charge on any atom is -0.453 e. The SMILES string of the molecule is COCCc1ccc2oc(C=O)c(C)c2c1. The molecule has 0 saturated heterocycles. The zero-order valence-corrected chi connectivity index (χ0v) is 9.45. The van der Waals surface area contributed by atoms with Gasteiger partial charge in [-0.3, -0.25) is 4.79 Å². The normalized spacial score (nSPS) is 10.9. The van der Waals surface area contributed by atoms with Crippen LogP contribution in [0.3, 0.4) is 0 Å². The van der Waals surface area contributed by atoms with Crippen LogP contribution in [0.4, 0.5) is 0 Å². The number of carbonyl (C=O) groups excluding carboxylic acids is 1. The summed E-state index contributed by atoms with van der Waals surface area (Å²) in [6.45, 7) is 2.60. The molecule has 0 N–H and O–H groups in total. The Labute approximate surface area is 94.0 Å². The molecule has 16 heavy (non-hydrogen) atoms. The van der Waals surface area contributed by atoms with Gasteiger partial charge in [-0.05, 0) is 31.0 Å². The minimum atomic E-state index is 0.416. The molecule has 0 radical (unpaired) electrons. The van der Waals surface area contributed by atoms with Crippen LogP contribution in [0.5, 0.6) is 0 Å². The fourth-order valence-corrected chi connectivity index (χ4v) is 1.77. The maximum Gasteiger partial charge on any atom is 0.185 e. The number of fused-ring (bicyclic) bond motifs is 1. The number of hydrogen-bond acceptors (Lipinski definition) is 3. The van der Waals surface area contributed by atoms with E-state index in [2.05, 4.69) is 6.07 Å². The summed E-state index contributed by atoms with van der Waals surface area (Å²) in [6.07, 6.45) is 1.62. The van der Waals surface area contributed by atoms with E-state index in [4.69, 9.17) is 9.15 Å². The first-order chi connectivity index (χ1) is 7.76. The van der Waals surface area contributed by atoms with E-state index in [1.807, 2.05) is 19.1 Å². The molecule has 0 amide bonds. The van der Waals surface area contributed by atoms with Crippen molar-refractivity contribution in [3.05, 3.63) is 35.1 Å². The maximum absolute atomic E-state index is 10.7. The van der Waals surface area contributed by atoms with Crippen molar-refractivity contribution < 1.29 is 13.9 Å². The maximum atomic E-state index is 10.7. The van der Waals surface area contributed by atoms with Crippen LogP contribution in [0.15, 0.2) is 22.6 Å². The fraction of sp³-hybridized carbons (Fsp3) is 0.308. The first-order valence-electron chi connectivity index (χ1n) is 5.22. The number of aldehydes is 1. The Morgan fingerprint density at radius 3 is 2.94 bits per heavy atom. The van der Waals surface area contributed by atoms with Crippen LogP contribution in [-0.4, -0.2) is 20.0 Å². The molecule has 3 heteroatoms. The summed E-state index contributed by atoms with van der Waals surface area (Å²) < 4.78 is 10.4. The van der Waals surface area contributed by atoms with Crippen molar-refractivity contribution in [2.24, 2.45) is 0 Å². The zero-order valence-electron chi connectivity index (χ0n) is 9.45. The predicted molar refractivity (Wildman–Crippen MR) is 61.9 cm³/mol. The summed E-state index contributed by atoms with van der Waals surface area (Å²) in [6, 6.07) is 5.96. The van der Waals surface area contributed by atoms with E-state index >= 15 is 0 Å². The fourth-order valence-electron chi connectivity index (χ4n) is 1.77. The molecular weight excluding hydrogens is 204 g/mol. The van der Waals surface area contributed by atoms with Crippen LogP contribution in [0.2, 0.25) is 0 Å². The van der Waals surface area contributed by atoms with Gasteiger partial charge in [0.25, 0.3) is 0 Å². The van der Waals surface area contributed by atoms with Crippen molar-refractivity contribution in [1.82, 2.24) is 0 Å². The van der Waals surface area contributed by atoms with E-state index in [-0.39, 0.29) is 0 Å². The number of aryl methyl sites for hydroxylation is 1. The van der Waals surface area contributed by atoms with Gasteiger partial charge in [-0.2, -0.15) is 0 Å². The summed E-state index contributed by atoms with van der Waals surface area (Å²) in [7, 11) is 1.69. The second-order valence-corrected chi connectivity index (χ2v) is 3.78. The van der Waals surface area contributed by atoms with Crippen molar-refractivity contribution in [1.29, 1.82) is 0 Å². The molecule has 1 heterocycles. The van der Waals surface area contributed by atoms with Gasteiger partial charge in [0.05, 0.1) is 6.61 Å². The average Bonchev–Trinajstić information content (AvgIpc) is 2.63. The molecule has 2 rings (SSSR count). The Balaban J connectivity index is 2.44. The van der Waals surface area contributed by atoms with Crippen LogP contribution in [0.25, 0.3) is 11.0 Å². The standard InChI is InChI=1S/C13H14O3/c1-9-11-7-10(5-6-15-2)3-4-12(11)16-13(9)8-14/h3-4,7-8H,5-6H2,1-2H3. The Kier molecular flexibility index (Phi) is 3.06. The van der Waals surface area contributed by atoms with Crippen molar-refractivity contribution in [3.8, 4) is 0 Å². The molecule has 0 atom stereocenters. The summed E-state index contributed by atoms with van der Waals surface area (Å²) in [5.74, 6) is 0.416. The molecule has 3 nitrogen and oxygen atoms in total. The summed E-state index contributed by atoms with van der Waals surface area (Å²) >= 11 is 0. The van der Waals surface area contributed by atoms with Gasteiger partial charge in [-0.1, -0.05) is 6.07 Å². The lowest BCUT2D eigenvalue weighted by molar-refractivity contribution is 0.110. The van der Waals surface area contributed by atoms with E-state index in [0.29, 0.717) is 12.4 Å². The second kappa shape index (κ2) is 4.49. The number of ether oxygens (including phenoxy) is 1. The van der Waals surface area contributed by atoms with Gasteiger partial charge in [0.2, 0.25) is 0 Å². The molecule has 0 spiro atoms. The smallest absolute Gasteiger partial charge is 0.185 e. The lowest BCUT2D eigenvalue weighted by atomic mass is 10.1. The molecule has 0 bridgehead atoms. The second-order valence-electron chi connectivity index (χ2n) is 3.78. The Morgan fingerprint density at radius 2 is 2.25 bits per heavy atom. The highest BCUT2D eigenvalue weighted by Gasteiger charge is 2.09. The molecule has 2 aromatic rings. The van der Waals surface area contributed by atoms with Gasteiger partial charge >= 0.3 is 0 Å². The van der Waals surface area contributed by atoms with Crippen molar-refractivity contribution >= 4 is 17.3 Å². The van der Waals surface area contributed by atoms with Crippen LogP contribution in [-0.2, 0) is 11.2 Å². The Morgan fingerprint density at radius 1 is 1.44 bits per heavy atom. The highest BCUT2D eigenvalue weighted by Crippen LogP contribution is 2.25. The lowest BCUT2D eigenvalue weighted by Gasteiger charge is -2.00. The van der Waals surface area contributed by atoms with E-state index < -0.39 is 0 Å². The molecule has 84 valence electrons. The predicted octanol–water partition coefficient (Wildman–Crippen LogP) is 2.74. The van der Waals surface area contributed by atoms with Crippen molar-refractivity contribution in [2.45, 2.75) is 13.3 Å². The molecule has 0 aliphatic carbocycles. The summed E-state index contributed by atoms with van der Waals surface area (Å²) in [5.41, 5.74) is 2.86. The molecule has 1 aromatic carbocycles. The number of furan rings is 1. The van der Waals surface area contributed by atoms with Crippen LogP contribution in [0, 0.1) is 6.92 Å². The van der Waals surface area contributed by atoms with Crippen molar-refractivity contribution in [3.63, 3.8) is 0 Å². The van der Waals surface area contributed by atoms with E-state index in [9.17, 15) is 4.79 Å². The van der Waals surface area contributed by atoms with Gasteiger partial charge in [0.15, 0.2) is 12.0 Å². The van der Waals surface area contributed by atoms with Gasteiger partial charge in [0.1, 0.15) is 5.58 Å². The first kappa shape index (κ1) is 10.9. The van der Waals surface area contributed by atoms with Crippen molar-refractivity contribution in [2.75, 3.05) is 13.7 Å². The molecule has 1 aromatic heterocycles. The average molecular weight is 218 g/mol. The Hall–Kier alpha value is -1.61. The van der Waals surface area contributed by atoms with E-state index in [0.717, 1.165) is 29.2 Å². The number of methoxy groups -OCH3 is 1. The minimum absolute atomic E-state index is 0.416. The molecule has 0 saturated carbocycles. The lowest BCUT2D eigenvalue weighted by Crippen LogP contribution is -1.93. The molecule has 0 aliphatic heterocycles. The third kappa shape index (κ3) is 1.86. The van der Waals surface area contributed by atoms with Crippen LogP contribution >= 0.6 is 0 Å². The van der Waals surface area contributed by atoms with E-state index in [1.54, 1.807) is 7.11 Å². The number of rotatable bonds is 4. The van der Waals surface area contributed by atoms with E-state index in [1.165, 1.54) is 5.56 Å². The van der Waals surface area contributed by atoms with Gasteiger partial charge in [0, 0.05) is 18.1 Å². The van der Waals surface area contributed by atoms with Gasteiger partial charge in [-0.15, -0.1) is 0 Å². The van der Waals surface area contributed by atoms with Crippen LogP contribution in [0.1, 0.15) is 21.7 Å². The first-order valence-corrected chi connectivity index (χ1v) is 5.22. The third-order valence-corrected chi connectivity index (χ3v) is 2.74. The monoisotopic (exact) mass is 218 g/mol. The largest absolute Gasteiger partial charge is 0.453 e. The topological polar surface area (TPSA) is 39.4 Å². The number of carbonyl (C=O) groups is 1. The summed E-state index contributed by atoms with van der Waals surface area (Å²) in [5, 5.41) is 1.01. The number of hydrogen-bond donors (Lipinski definition) is 0. The number of benzene rings is 1. The van der Waals surface area contributed by atoms with Gasteiger partial charge in [-0.25, -0.2) is 0 Å². The molecule has 0 aliphatic rings. The molecule has 0 fully saturated rings. The van der Waals surface area contributed by atoms with Gasteiger partial charge < -0.3 is 9.15 Å². The van der Waals surface area contributed by atoms with Crippen LogP contribution < -0.4 is 0 Å². The highest BCUT2D eigenvalue weighted by molar-refractivity contribution is 5.89. The zero-order chi connectivity index (χ0) is 11.5. The Bertz CT molecular complexity index is 511. The molecule has 0 unspecified atom stereocenters.